The summed E-state index contributed by atoms with van der Waals surface area (Å²) in [6, 6.07) is 15.0. The van der Waals surface area contributed by atoms with Crippen molar-refractivity contribution in [3.63, 3.8) is 0 Å². The van der Waals surface area contributed by atoms with Crippen molar-refractivity contribution >= 4 is 57.2 Å². The lowest BCUT2D eigenvalue weighted by Crippen LogP contribution is -2.40. The van der Waals surface area contributed by atoms with E-state index in [2.05, 4.69) is 5.32 Å². The molecule has 5 N–H and O–H groups in total. The molecule has 3 aromatic rings. The SMILES string of the molecule is Nc1cccc(CS(=O)N2CCC(Nc3cccc(-c4sc(C(=O)O)c(OCC(=O)O)c4Cl)c3)CC2)c1. The van der Waals surface area contributed by atoms with E-state index in [1.54, 1.807) is 6.07 Å². The number of aliphatic carboxylic acids is 1. The first-order chi connectivity index (χ1) is 17.7. The fraction of sp³-hybridized carbons (Fsp3) is 0.280. The number of carboxylic acid groups (broad SMARTS) is 2. The summed E-state index contributed by atoms with van der Waals surface area (Å²) in [4.78, 5) is 22.9. The van der Waals surface area contributed by atoms with E-state index in [4.69, 9.17) is 27.2 Å². The molecule has 0 radical (unpaired) electrons. The number of benzene rings is 2. The third-order valence-corrected chi connectivity index (χ3v) is 9.02. The maximum atomic E-state index is 12.8. The molecule has 12 heteroatoms. The molecular formula is C25H26ClN3O6S2. The van der Waals surface area contributed by atoms with Crippen LogP contribution in [0.3, 0.4) is 0 Å². The molecule has 0 bridgehead atoms. The zero-order chi connectivity index (χ0) is 26.5. The number of carbonyl (C=O) groups is 2. The molecule has 9 nitrogen and oxygen atoms in total. The number of nitrogens with two attached hydrogens (primary N) is 1. The second kappa shape index (κ2) is 12.0. The van der Waals surface area contributed by atoms with Gasteiger partial charge in [0, 0.05) is 30.5 Å². The number of rotatable bonds is 10. The predicted octanol–water partition coefficient (Wildman–Crippen LogP) is 4.55. The Morgan fingerprint density at radius 1 is 1.16 bits per heavy atom. The Morgan fingerprint density at radius 3 is 2.57 bits per heavy atom. The molecule has 0 saturated carbocycles. The van der Waals surface area contributed by atoms with E-state index in [1.807, 2.05) is 46.8 Å². The number of ether oxygens (including phenoxy) is 1. The molecule has 1 unspecified atom stereocenters. The maximum absolute atomic E-state index is 12.8. The number of piperidine rings is 1. The molecule has 1 aliphatic rings. The molecule has 0 aliphatic carbocycles. The number of anilines is 2. The highest BCUT2D eigenvalue weighted by molar-refractivity contribution is 7.81. The van der Waals surface area contributed by atoms with Crippen LogP contribution in [-0.2, 0) is 21.5 Å². The molecule has 1 atom stereocenters. The van der Waals surface area contributed by atoms with Crippen LogP contribution in [0.15, 0.2) is 48.5 Å². The van der Waals surface area contributed by atoms with E-state index in [0.29, 0.717) is 35.0 Å². The van der Waals surface area contributed by atoms with Crippen LogP contribution in [0.2, 0.25) is 5.02 Å². The van der Waals surface area contributed by atoms with Gasteiger partial charge in [-0.05, 0) is 48.2 Å². The number of aromatic carboxylic acids is 1. The highest BCUT2D eigenvalue weighted by Crippen LogP contribution is 2.46. The number of hydrogen-bond donors (Lipinski definition) is 4. The Kier molecular flexibility index (Phi) is 8.70. The lowest BCUT2D eigenvalue weighted by molar-refractivity contribution is -0.139. The number of carboxylic acids is 2. The second-order valence-corrected chi connectivity index (χ2v) is 11.4. The molecule has 2 aromatic carbocycles. The number of nitrogens with one attached hydrogen (secondary N) is 1. The van der Waals surface area contributed by atoms with Crippen LogP contribution in [0, 0.1) is 0 Å². The Balaban J connectivity index is 1.40. The Hall–Kier alpha value is -3.12. The number of halogens is 1. The third kappa shape index (κ3) is 6.80. The Labute approximate surface area is 225 Å². The molecule has 1 aromatic heterocycles. The zero-order valence-electron chi connectivity index (χ0n) is 19.7. The Bertz CT molecular complexity index is 1320. The summed E-state index contributed by atoms with van der Waals surface area (Å²) in [5.74, 6) is -2.18. The number of hydrogen-bond acceptors (Lipinski definition) is 7. The van der Waals surface area contributed by atoms with Crippen LogP contribution < -0.4 is 15.8 Å². The van der Waals surface area contributed by atoms with Crippen molar-refractivity contribution in [1.82, 2.24) is 4.31 Å². The summed E-state index contributed by atoms with van der Waals surface area (Å²) >= 11 is 7.35. The first-order valence-corrected chi connectivity index (χ1v) is 13.9. The average molecular weight is 564 g/mol. The quantitative estimate of drug-likeness (QED) is 0.263. The van der Waals surface area contributed by atoms with Gasteiger partial charge in [0.2, 0.25) is 0 Å². The zero-order valence-corrected chi connectivity index (χ0v) is 22.1. The summed E-state index contributed by atoms with van der Waals surface area (Å²) in [5.41, 5.74) is 8.96. The molecule has 1 fully saturated rings. The van der Waals surface area contributed by atoms with Gasteiger partial charge in [0.15, 0.2) is 17.2 Å². The minimum atomic E-state index is -1.24. The van der Waals surface area contributed by atoms with Gasteiger partial charge in [-0.15, -0.1) is 11.3 Å². The standard InChI is InChI=1S/C25H26ClN3O6S2/c26-21-22(35-13-20(30)31)24(25(32)33)36-23(21)16-4-2-6-19(12-16)28-18-7-9-29(10-8-18)37(34)14-15-3-1-5-17(27)11-15/h1-6,11-12,18,28H,7-10,13-14,27H2,(H,30,31)(H,32,33). The van der Waals surface area contributed by atoms with E-state index < -0.39 is 29.5 Å². The van der Waals surface area contributed by atoms with Gasteiger partial charge in [-0.25, -0.2) is 18.1 Å². The van der Waals surface area contributed by atoms with Gasteiger partial charge in [0.05, 0.1) is 21.6 Å². The fourth-order valence-electron chi connectivity index (χ4n) is 4.09. The van der Waals surface area contributed by atoms with Crippen molar-refractivity contribution in [1.29, 1.82) is 0 Å². The summed E-state index contributed by atoms with van der Waals surface area (Å²) in [6.45, 7) is 0.686. The summed E-state index contributed by atoms with van der Waals surface area (Å²) in [6.07, 6.45) is 1.62. The molecule has 37 heavy (non-hydrogen) atoms. The van der Waals surface area contributed by atoms with Crippen molar-refractivity contribution in [2.75, 3.05) is 30.7 Å². The van der Waals surface area contributed by atoms with Crippen LogP contribution in [0.1, 0.15) is 28.1 Å². The largest absolute Gasteiger partial charge is 0.479 e. The van der Waals surface area contributed by atoms with Crippen LogP contribution >= 0.6 is 22.9 Å². The second-order valence-electron chi connectivity index (χ2n) is 8.53. The van der Waals surface area contributed by atoms with Crippen LogP contribution in [0.5, 0.6) is 5.75 Å². The minimum absolute atomic E-state index is 0.0664. The maximum Gasteiger partial charge on any atom is 0.349 e. The van der Waals surface area contributed by atoms with Crippen molar-refractivity contribution < 1.29 is 28.7 Å². The van der Waals surface area contributed by atoms with Gasteiger partial charge < -0.3 is 26.0 Å². The monoisotopic (exact) mass is 563 g/mol. The summed E-state index contributed by atoms with van der Waals surface area (Å²) < 4.78 is 20.0. The highest BCUT2D eigenvalue weighted by Gasteiger charge is 2.26. The van der Waals surface area contributed by atoms with Crippen molar-refractivity contribution in [2.24, 2.45) is 0 Å². The minimum Gasteiger partial charge on any atom is -0.479 e. The number of thiophene rings is 1. The molecular weight excluding hydrogens is 538 g/mol. The van der Waals surface area contributed by atoms with Gasteiger partial charge in [-0.3, -0.25) is 0 Å². The first-order valence-electron chi connectivity index (χ1n) is 11.5. The van der Waals surface area contributed by atoms with Crippen molar-refractivity contribution in [3.05, 3.63) is 64.0 Å². The average Bonchev–Trinajstić information content (AvgIpc) is 3.19. The van der Waals surface area contributed by atoms with E-state index in [9.17, 15) is 18.9 Å². The third-order valence-electron chi connectivity index (χ3n) is 5.82. The predicted molar refractivity (Wildman–Crippen MR) is 146 cm³/mol. The van der Waals surface area contributed by atoms with E-state index >= 15 is 0 Å². The van der Waals surface area contributed by atoms with E-state index in [1.165, 1.54) is 0 Å². The smallest absolute Gasteiger partial charge is 0.349 e. The summed E-state index contributed by atoms with van der Waals surface area (Å²) in [5, 5.41) is 22.0. The number of nitrogens with zero attached hydrogens (tertiary/aromatic N) is 1. The van der Waals surface area contributed by atoms with Crippen molar-refractivity contribution in [3.8, 4) is 16.2 Å². The molecule has 2 heterocycles. The number of nitrogen functional groups attached to an aromatic ring is 1. The van der Waals surface area contributed by atoms with Gasteiger partial charge in [0.25, 0.3) is 0 Å². The topological polar surface area (TPSA) is 142 Å². The molecule has 0 spiro atoms. The molecule has 4 rings (SSSR count). The lowest BCUT2D eigenvalue weighted by atomic mass is 10.1. The molecule has 196 valence electrons. The normalized spacial score (nSPS) is 15.3. The molecule has 1 saturated heterocycles. The van der Waals surface area contributed by atoms with E-state index in [-0.39, 0.29) is 21.7 Å². The van der Waals surface area contributed by atoms with Gasteiger partial charge in [-0.1, -0.05) is 35.9 Å². The van der Waals surface area contributed by atoms with Crippen LogP contribution in [-0.4, -0.2) is 56.4 Å². The lowest BCUT2D eigenvalue weighted by Gasteiger charge is -2.32. The van der Waals surface area contributed by atoms with Gasteiger partial charge in [-0.2, -0.15) is 0 Å². The van der Waals surface area contributed by atoms with Gasteiger partial charge in [0.1, 0.15) is 5.02 Å². The Morgan fingerprint density at radius 2 is 1.89 bits per heavy atom. The fourth-order valence-corrected chi connectivity index (χ4v) is 6.76. The van der Waals surface area contributed by atoms with Crippen LogP contribution in [0.25, 0.3) is 10.4 Å². The van der Waals surface area contributed by atoms with Gasteiger partial charge >= 0.3 is 11.9 Å². The van der Waals surface area contributed by atoms with Crippen LogP contribution in [0.4, 0.5) is 11.4 Å². The first kappa shape index (κ1) is 26.9. The van der Waals surface area contributed by atoms with Crippen molar-refractivity contribution in [2.45, 2.75) is 24.6 Å². The highest BCUT2D eigenvalue weighted by atomic mass is 35.5. The van der Waals surface area contributed by atoms with E-state index in [0.717, 1.165) is 35.4 Å². The molecule has 0 amide bonds. The summed E-state index contributed by atoms with van der Waals surface area (Å²) in [7, 11) is -1.13. The molecule has 1 aliphatic heterocycles.